The number of para-hydroxylation sites is 1. The summed E-state index contributed by atoms with van der Waals surface area (Å²) in [6.45, 7) is 3.36. The summed E-state index contributed by atoms with van der Waals surface area (Å²) in [6.07, 6.45) is 8.00. The van der Waals surface area contributed by atoms with E-state index in [0.29, 0.717) is 6.54 Å². The van der Waals surface area contributed by atoms with Gasteiger partial charge in [0.25, 0.3) is 5.91 Å². The molecule has 0 saturated carbocycles. The van der Waals surface area contributed by atoms with Gasteiger partial charge >= 0.3 is 0 Å². The van der Waals surface area contributed by atoms with Gasteiger partial charge in [-0.25, -0.2) is 0 Å². The first-order valence-electron chi connectivity index (χ1n) is 13.9. The van der Waals surface area contributed by atoms with Crippen molar-refractivity contribution in [1.82, 2.24) is 25.2 Å². The lowest BCUT2D eigenvalue weighted by molar-refractivity contribution is 0.0951. The van der Waals surface area contributed by atoms with Gasteiger partial charge in [0.1, 0.15) is 0 Å². The normalized spacial score (nSPS) is 15.6. The van der Waals surface area contributed by atoms with Gasteiger partial charge in [-0.2, -0.15) is 0 Å². The zero-order valence-corrected chi connectivity index (χ0v) is 24.3. The molecule has 2 aromatic carbocycles. The molecule has 0 fully saturated rings. The number of nitrogens with zero attached hydrogens (tertiary/aromatic N) is 3. The molecule has 6 rings (SSSR count). The highest BCUT2D eigenvalue weighted by Crippen LogP contribution is 2.39. The van der Waals surface area contributed by atoms with E-state index in [1.807, 2.05) is 24.4 Å². The van der Waals surface area contributed by atoms with E-state index in [-0.39, 0.29) is 33.6 Å². The Labute approximate surface area is 249 Å². The molecule has 0 saturated heterocycles. The van der Waals surface area contributed by atoms with E-state index in [1.165, 1.54) is 40.3 Å². The van der Waals surface area contributed by atoms with E-state index in [9.17, 15) is 4.79 Å². The molecule has 3 heterocycles. The molecule has 3 aromatic heterocycles. The number of aryl methyl sites for hydroxylation is 1. The van der Waals surface area contributed by atoms with Gasteiger partial charge in [-0.05, 0) is 66.5 Å². The number of aromatic amines is 1. The minimum atomic E-state index is -0.327. The summed E-state index contributed by atoms with van der Waals surface area (Å²) in [6, 6.07) is 23.6. The van der Waals surface area contributed by atoms with Crippen LogP contribution in [-0.2, 0) is 19.5 Å². The maximum absolute atomic E-state index is 12.8. The van der Waals surface area contributed by atoms with Gasteiger partial charge in [0.2, 0.25) is 0 Å². The van der Waals surface area contributed by atoms with Gasteiger partial charge in [0.05, 0.1) is 27.3 Å². The Hall–Kier alpha value is -3.71. The molecule has 1 aliphatic carbocycles. The number of aromatic nitrogens is 3. The third-order valence-electron chi connectivity index (χ3n) is 7.95. The Kier molecular flexibility index (Phi) is 8.06. The maximum Gasteiger partial charge on any atom is 0.254 e. The van der Waals surface area contributed by atoms with Crippen molar-refractivity contribution in [2.75, 3.05) is 0 Å². The molecule has 1 aliphatic rings. The highest BCUT2D eigenvalue weighted by Gasteiger charge is 2.31. The van der Waals surface area contributed by atoms with Gasteiger partial charge in [-0.3, -0.25) is 19.7 Å². The van der Waals surface area contributed by atoms with Crippen molar-refractivity contribution in [3.05, 3.63) is 129 Å². The summed E-state index contributed by atoms with van der Waals surface area (Å²) < 4.78 is 0. The van der Waals surface area contributed by atoms with Gasteiger partial charge in [0, 0.05) is 48.9 Å². The van der Waals surface area contributed by atoms with Crippen molar-refractivity contribution in [3.63, 3.8) is 0 Å². The number of nitrogens with one attached hydrogen (secondary N) is 2. The summed E-state index contributed by atoms with van der Waals surface area (Å²) in [5.41, 5.74) is 7.24. The highest BCUT2D eigenvalue weighted by atomic mass is 35.5. The summed E-state index contributed by atoms with van der Waals surface area (Å²) in [7, 11) is 0. The van der Waals surface area contributed by atoms with Gasteiger partial charge in [0.15, 0.2) is 0 Å². The summed E-state index contributed by atoms with van der Waals surface area (Å²) in [5.74, 6) is -0.327. The van der Waals surface area contributed by atoms with E-state index in [1.54, 1.807) is 0 Å². The molecule has 0 aliphatic heterocycles. The van der Waals surface area contributed by atoms with E-state index < -0.39 is 0 Å². The van der Waals surface area contributed by atoms with Crippen molar-refractivity contribution >= 4 is 40.0 Å². The van der Waals surface area contributed by atoms with Gasteiger partial charge in [-0.1, -0.05) is 71.7 Å². The van der Waals surface area contributed by atoms with Crippen LogP contribution < -0.4 is 5.32 Å². The molecule has 41 heavy (non-hydrogen) atoms. The van der Waals surface area contributed by atoms with E-state index >= 15 is 0 Å². The molecule has 2 atom stereocenters. The van der Waals surface area contributed by atoms with Crippen LogP contribution in [-0.4, -0.2) is 25.8 Å². The van der Waals surface area contributed by atoms with Crippen LogP contribution in [0.25, 0.3) is 10.9 Å². The zero-order chi connectivity index (χ0) is 28.3. The number of carbonyl (C=O) groups excluding carboxylic acids is 1. The van der Waals surface area contributed by atoms with E-state index in [2.05, 4.69) is 75.6 Å². The van der Waals surface area contributed by atoms with Crippen LogP contribution in [0.2, 0.25) is 10.0 Å². The van der Waals surface area contributed by atoms with Crippen molar-refractivity contribution < 1.29 is 4.79 Å². The van der Waals surface area contributed by atoms with Crippen LogP contribution in [0.3, 0.4) is 0 Å². The number of pyridine rings is 2. The Morgan fingerprint density at radius 3 is 2.68 bits per heavy atom. The molecule has 208 valence electrons. The number of hydrogen-bond donors (Lipinski definition) is 2. The summed E-state index contributed by atoms with van der Waals surface area (Å²) >= 11 is 12.4. The number of hydrogen-bond acceptors (Lipinski definition) is 4. The fraction of sp³-hybridized carbons (Fsp3) is 0.242. The zero-order valence-electron chi connectivity index (χ0n) is 22.8. The first-order chi connectivity index (χ1) is 20.0. The number of fused-ring (bicyclic) bond motifs is 2. The smallest absolute Gasteiger partial charge is 0.254 e. The molecule has 5 aromatic rings. The Balaban J connectivity index is 1.27. The fourth-order valence-corrected chi connectivity index (χ4v) is 6.41. The van der Waals surface area contributed by atoms with E-state index in [0.717, 1.165) is 36.9 Å². The highest BCUT2D eigenvalue weighted by molar-refractivity contribution is 6.39. The van der Waals surface area contributed by atoms with E-state index in [4.69, 9.17) is 28.2 Å². The molecule has 2 unspecified atom stereocenters. The minimum Gasteiger partial charge on any atom is -0.357 e. The molecule has 1 amide bonds. The van der Waals surface area contributed by atoms with Crippen molar-refractivity contribution in [2.45, 2.75) is 51.4 Å². The minimum absolute atomic E-state index is 0.125. The quantitative estimate of drug-likeness (QED) is 0.195. The van der Waals surface area contributed by atoms with Crippen LogP contribution in [0.4, 0.5) is 0 Å². The molecular formula is C33H31Cl2N5O. The lowest BCUT2D eigenvalue weighted by Crippen LogP contribution is -2.34. The van der Waals surface area contributed by atoms with Crippen molar-refractivity contribution in [1.29, 1.82) is 0 Å². The predicted molar refractivity (Wildman–Crippen MR) is 164 cm³/mol. The molecule has 0 bridgehead atoms. The monoisotopic (exact) mass is 583 g/mol. The lowest BCUT2D eigenvalue weighted by Gasteiger charge is -2.39. The molecule has 2 N–H and O–H groups in total. The second-order valence-electron chi connectivity index (χ2n) is 10.6. The topological polar surface area (TPSA) is 73.9 Å². The average molecular weight is 585 g/mol. The number of carbonyl (C=O) groups is 1. The second-order valence-corrected chi connectivity index (χ2v) is 11.4. The molecule has 6 nitrogen and oxygen atoms in total. The Morgan fingerprint density at radius 2 is 1.85 bits per heavy atom. The number of halogens is 2. The van der Waals surface area contributed by atoms with Crippen molar-refractivity contribution in [3.8, 4) is 0 Å². The Morgan fingerprint density at radius 1 is 1.05 bits per heavy atom. The molecule has 0 spiro atoms. The number of benzene rings is 2. The third kappa shape index (κ3) is 5.87. The van der Waals surface area contributed by atoms with Gasteiger partial charge < -0.3 is 10.3 Å². The number of amides is 1. The number of rotatable bonds is 8. The third-order valence-corrected chi connectivity index (χ3v) is 8.53. The SMILES string of the molecule is CC(c1cc2ccccc2[nH]1)N(Cc1cccc(CNC(=O)c2c(Cl)cncc2Cl)c1)C1CCCc2cccnc21. The van der Waals surface area contributed by atoms with Gasteiger partial charge in [-0.15, -0.1) is 0 Å². The summed E-state index contributed by atoms with van der Waals surface area (Å²) in [5, 5.41) is 4.62. The molecule has 8 heteroatoms. The first-order valence-corrected chi connectivity index (χ1v) is 14.7. The first kappa shape index (κ1) is 27.5. The predicted octanol–water partition coefficient (Wildman–Crippen LogP) is 7.84. The van der Waals surface area contributed by atoms with Crippen LogP contribution in [0.15, 0.2) is 85.3 Å². The number of H-pyrrole nitrogens is 1. The largest absolute Gasteiger partial charge is 0.357 e. The van der Waals surface area contributed by atoms with Crippen LogP contribution >= 0.6 is 23.2 Å². The lowest BCUT2D eigenvalue weighted by atomic mass is 9.89. The van der Waals surface area contributed by atoms with Crippen LogP contribution in [0, 0.1) is 0 Å². The fourth-order valence-electron chi connectivity index (χ4n) is 5.87. The molecule has 0 radical (unpaired) electrons. The maximum atomic E-state index is 12.8. The Bertz CT molecular complexity index is 1650. The van der Waals surface area contributed by atoms with Crippen LogP contribution in [0.1, 0.15) is 70.3 Å². The average Bonchev–Trinajstić information content (AvgIpc) is 3.43. The summed E-state index contributed by atoms with van der Waals surface area (Å²) in [4.78, 5) is 27.9. The second kappa shape index (κ2) is 12.0. The molecular weight excluding hydrogens is 553 g/mol. The van der Waals surface area contributed by atoms with Crippen molar-refractivity contribution in [2.24, 2.45) is 0 Å². The standard InChI is InChI=1S/C33H31Cl2N5O/c1-21(29-16-25-9-2-3-12-28(25)39-29)40(30-13-5-10-24-11-6-14-37-32(24)30)20-23-8-4-7-22(15-23)17-38-33(41)31-26(34)18-36-19-27(31)35/h2-4,6-9,11-12,14-16,18-19,21,30,39H,5,10,13,17,20H2,1H3,(H,38,41). The van der Waals surface area contributed by atoms with Crippen LogP contribution in [0.5, 0.6) is 0 Å².